The van der Waals surface area contributed by atoms with Gasteiger partial charge in [0.2, 0.25) is 11.8 Å². The van der Waals surface area contributed by atoms with Gasteiger partial charge in [-0.3, -0.25) is 24.5 Å². The summed E-state index contributed by atoms with van der Waals surface area (Å²) in [6.07, 6.45) is 0. The van der Waals surface area contributed by atoms with Crippen LogP contribution >= 0.6 is 0 Å². The van der Waals surface area contributed by atoms with Crippen molar-refractivity contribution < 1.29 is 24.0 Å². The third kappa shape index (κ3) is 2.34. The maximum absolute atomic E-state index is 13.8. The molecule has 0 aromatic heterocycles. The Morgan fingerprint density at radius 1 is 0.912 bits per heavy atom. The Labute approximate surface area is 193 Å². The summed E-state index contributed by atoms with van der Waals surface area (Å²) in [5.74, 6) is -3.80. The molecule has 168 valence electrons. The molecule has 0 spiro atoms. The minimum atomic E-state index is -1.86. The van der Waals surface area contributed by atoms with Gasteiger partial charge in [0.05, 0.1) is 11.6 Å². The summed E-state index contributed by atoms with van der Waals surface area (Å²) in [5, 5.41) is 12.9. The lowest BCUT2D eigenvalue weighted by molar-refractivity contribution is -0.578. The van der Waals surface area contributed by atoms with Crippen molar-refractivity contribution in [2.45, 2.75) is 18.4 Å². The topological polar surface area (TPSA) is 107 Å². The van der Waals surface area contributed by atoms with Gasteiger partial charge in [-0.05, 0) is 35.4 Å². The molecule has 4 aliphatic rings. The van der Waals surface area contributed by atoms with Crippen LogP contribution in [0, 0.1) is 22.0 Å². The van der Waals surface area contributed by atoms with E-state index in [1.54, 1.807) is 36.4 Å². The quantitative estimate of drug-likeness (QED) is 0.197. The van der Waals surface area contributed by atoms with Gasteiger partial charge in [0.25, 0.3) is 5.54 Å². The average Bonchev–Trinajstić information content (AvgIpc) is 3.10. The van der Waals surface area contributed by atoms with E-state index in [0.717, 1.165) is 4.90 Å². The highest BCUT2D eigenvalue weighted by atomic mass is 16.6. The zero-order valence-corrected chi connectivity index (χ0v) is 18.0. The van der Waals surface area contributed by atoms with E-state index in [0.29, 0.717) is 22.3 Å². The van der Waals surface area contributed by atoms with Crippen LogP contribution in [0.4, 0.5) is 5.69 Å². The molecule has 3 aliphatic carbocycles. The molecule has 0 radical (unpaired) electrons. The van der Waals surface area contributed by atoms with Crippen molar-refractivity contribution in [2.24, 2.45) is 11.8 Å². The molecule has 1 saturated heterocycles. The third-order valence-electron chi connectivity index (χ3n) is 7.22. The van der Waals surface area contributed by atoms with E-state index >= 15 is 0 Å². The van der Waals surface area contributed by atoms with E-state index in [4.69, 9.17) is 4.74 Å². The predicted octanol–water partition coefficient (Wildman–Crippen LogP) is 3.40. The lowest BCUT2D eigenvalue weighted by atomic mass is 9.51. The first-order valence-electron chi connectivity index (χ1n) is 10.9. The number of nitro groups is 1. The number of hydrogen-bond donors (Lipinski definition) is 0. The van der Waals surface area contributed by atoms with Crippen molar-refractivity contribution in [2.75, 3.05) is 4.90 Å². The van der Waals surface area contributed by atoms with Gasteiger partial charge in [0, 0.05) is 28.9 Å². The molecule has 2 atom stereocenters. The SMILES string of the molecule is CC(=O)Oc1ccc(N2C(=O)[C@@H]3C4c5ccccc5C([N+](=O)[O-])(c5ccccc54)[C@H]3C2=O)cc1. The fraction of sp³-hybridized carbons (Fsp3) is 0.192. The molecule has 7 rings (SSSR count). The Morgan fingerprint density at radius 2 is 1.47 bits per heavy atom. The fourth-order valence-electron chi connectivity index (χ4n) is 6.13. The minimum absolute atomic E-state index is 0.273. The van der Waals surface area contributed by atoms with Crippen LogP contribution in [0.25, 0.3) is 0 Å². The Kier molecular flexibility index (Phi) is 4.08. The minimum Gasteiger partial charge on any atom is -0.427 e. The van der Waals surface area contributed by atoms with Gasteiger partial charge in [-0.2, -0.15) is 0 Å². The predicted molar refractivity (Wildman–Crippen MR) is 120 cm³/mol. The van der Waals surface area contributed by atoms with Gasteiger partial charge in [-0.15, -0.1) is 0 Å². The first-order valence-corrected chi connectivity index (χ1v) is 10.9. The van der Waals surface area contributed by atoms with Gasteiger partial charge in [0.1, 0.15) is 11.7 Å². The summed E-state index contributed by atoms with van der Waals surface area (Å²) in [6.45, 7) is 1.27. The zero-order valence-electron chi connectivity index (χ0n) is 18.0. The summed E-state index contributed by atoms with van der Waals surface area (Å²) in [4.78, 5) is 52.4. The number of rotatable bonds is 3. The molecular weight excluding hydrogens is 436 g/mol. The van der Waals surface area contributed by atoms with Gasteiger partial charge >= 0.3 is 5.97 Å². The second-order valence-corrected chi connectivity index (χ2v) is 8.78. The highest BCUT2D eigenvalue weighted by Gasteiger charge is 2.74. The molecule has 3 aromatic rings. The number of esters is 1. The third-order valence-corrected chi connectivity index (χ3v) is 7.22. The van der Waals surface area contributed by atoms with Crippen LogP contribution in [-0.2, 0) is 19.9 Å². The van der Waals surface area contributed by atoms with Crippen LogP contribution in [-0.4, -0.2) is 22.7 Å². The average molecular weight is 454 g/mol. The Bertz CT molecular complexity index is 1370. The number of imide groups is 1. The first kappa shape index (κ1) is 20.3. The Balaban J connectivity index is 1.56. The summed E-state index contributed by atoms with van der Waals surface area (Å²) >= 11 is 0. The van der Waals surface area contributed by atoms with Crippen molar-refractivity contribution >= 4 is 23.5 Å². The van der Waals surface area contributed by atoms with E-state index in [1.807, 2.05) is 12.1 Å². The molecule has 1 fully saturated rings. The summed E-state index contributed by atoms with van der Waals surface area (Å²) in [7, 11) is 0. The Hall–Kier alpha value is -4.33. The number of ether oxygens (including phenoxy) is 1. The molecule has 1 aliphatic heterocycles. The molecule has 0 saturated carbocycles. The summed E-state index contributed by atoms with van der Waals surface area (Å²) in [5.41, 5.74) is 0.800. The highest BCUT2D eigenvalue weighted by molar-refractivity contribution is 6.23. The molecule has 8 heteroatoms. The van der Waals surface area contributed by atoms with E-state index in [9.17, 15) is 24.5 Å². The molecule has 0 unspecified atom stereocenters. The lowest BCUT2D eigenvalue weighted by Gasteiger charge is -2.48. The van der Waals surface area contributed by atoms with Gasteiger partial charge in [0.15, 0.2) is 0 Å². The largest absolute Gasteiger partial charge is 0.427 e. The van der Waals surface area contributed by atoms with E-state index in [-0.39, 0.29) is 11.4 Å². The molecule has 34 heavy (non-hydrogen) atoms. The van der Waals surface area contributed by atoms with E-state index in [1.165, 1.54) is 31.2 Å². The molecule has 0 N–H and O–H groups in total. The number of hydrogen-bond acceptors (Lipinski definition) is 6. The maximum atomic E-state index is 13.8. The summed E-state index contributed by atoms with van der Waals surface area (Å²) < 4.78 is 5.04. The standard InChI is InChI=1S/C26H18N2O6/c1-14(29)34-16-12-10-15(11-13-16)27-24(30)22-21-17-6-2-4-8-19(17)26(28(32)33,23(22)25(27)31)20-9-5-3-7-18(20)21/h2-13,21-23H,1H3/t21?,22-,23-,26?/m1/s1. The molecule has 8 nitrogen and oxygen atoms in total. The van der Waals surface area contributed by atoms with Gasteiger partial charge in [-0.1, -0.05) is 48.5 Å². The van der Waals surface area contributed by atoms with Crippen molar-refractivity contribution in [1.82, 2.24) is 0 Å². The second kappa shape index (κ2) is 6.84. The molecular formula is C26H18N2O6. The maximum Gasteiger partial charge on any atom is 0.308 e. The van der Waals surface area contributed by atoms with Crippen LogP contribution < -0.4 is 9.64 Å². The zero-order chi connectivity index (χ0) is 23.8. The van der Waals surface area contributed by atoms with Crippen molar-refractivity contribution in [3.8, 4) is 5.75 Å². The van der Waals surface area contributed by atoms with Gasteiger partial charge in [-0.25, -0.2) is 4.90 Å². The number of nitrogens with zero attached hydrogens (tertiary/aromatic N) is 2. The Morgan fingerprint density at radius 3 is 2.00 bits per heavy atom. The van der Waals surface area contributed by atoms with Crippen LogP contribution in [0.2, 0.25) is 0 Å². The number of carbonyl (C=O) groups is 3. The number of carbonyl (C=O) groups excluding carboxylic acids is 3. The van der Waals surface area contributed by atoms with Crippen LogP contribution in [0.5, 0.6) is 5.75 Å². The summed E-state index contributed by atoms with van der Waals surface area (Å²) in [6, 6.07) is 20.1. The first-order chi connectivity index (χ1) is 16.4. The van der Waals surface area contributed by atoms with Crippen LogP contribution in [0.3, 0.4) is 0 Å². The molecule has 2 amide bonds. The number of amides is 2. The van der Waals surface area contributed by atoms with Crippen LogP contribution in [0.1, 0.15) is 35.1 Å². The van der Waals surface area contributed by atoms with E-state index < -0.39 is 46.0 Å². The number of anilines is 1. The molecule has 3 aromatic carbocycles. The van der Waals surface area contributed by atoms with Gasteiger partial charge < -0.3 is 4.74 Å². The molecule has 2 bridgehead atoms. The van der Waals surface area contributed by atoms with E-state index in [2.05, 4.69) is 0 Å². The smallest absolute Gasteiger partial charge is 0.308 e. The van der Waals surface area contributed by atoms with Crippen LogP contribution in [0.15, 0.2) is 72.8 Å². The number of benzene rings is 3. The second-order valence-electron chi connectivity index (χ2n) is 8.78. The normalized spacial score (nSPS) is 26.0. The van der Waals surface area contributed by atoms with Crippen molar-refractivity contribution in [1.29, 1.82) is 0 Å². The monoisotopic (exact) mass is 454 g/mol. The highest BCUT2D eigenvalue weighted by Crippen LogP contribution is 2.64. The van der Waals surface area contributed by atoms with Crippen molar-refractivity contribution in [3.05, 3.63) is 105 Å². The molecule has 1 heterocycles. The lowest BCUT2D eigenvalue weighted by Crippen LogP contribution is -2.57. The fourth-order valence-corrected chi connectivity index (χ4v) is 6.13. The van der Waals surface area contributed by atoms with Crippen molar-refractivity contribution in [3.63, 3.8) is 0 Å².